The number of nitrogens with zero attached hydrogens (tertiary/aromatic N) is 2. The van der Waals surface area contributed by atoms with E-state index in [1.807, 2.05) is 0 Å². The molecule has 1 fully saturated rings. The van der Waals surface area contributed by atoms with Gasteiger partial charge >= 0.3 is 0 Å². The summed E-state index contributed by atoms with van der Waals surface area (Å²) in [7, 11) is 0. The van der Waals surface area contributed by atoms with E-state index in [2.05, 4.69) is 10.3 Å². The summed E-state index contributed by atoms with van der Waals surface area (Å²) in [5, 5.41) is 3.29. The average molecular weight is 193 g/mol. The fourth-order valence-electron chi connectivity index (χ4n) is 1.84. The van der Waals surface area contributed by atoms with Crippen molar-refractivity contribution in [2.24, 2.45) is 5.92 Å². The molecular formula is C10H15N3O. The van der Waals surface area contributed by atoms with Crippen LogP contribution in [0.3, 0.4) is 0 Å². The first-order valence-electron chi connectivity index (χ1n) is 5.08. The molecule has 0 atom stereocenters. The third-order valence-corrected chi connectivity index (χ3v) is 2.71. The summed E-state index contributed by atoms with van der Waals surface area (Å²) < 4.78 is 1.57. The van der Waals surface area contributed by atoms with Crippen molar-refractivity contribution in [3.05, 3.63) is 18.7 Å². The predicted octanol–water partition coefficient (Wildman–Crippen LogP) is 0.913. The van der Waals surface area contributed by atoms with E-state index in [4.69, 9.17) is 0 Å². The number of carbonyl (C=O) groups excluding carboxylic acids is 1. The topological polar surface area (TPSA) is 46.9 Å². The van der Waals surface area contributed by atoms with Gasteiger partial charge in [-0.25, -0.2) is 4.98 Å². The second kappa shape index (κ2) is 4.37. The monoisotopic (exact) mass is 193 g/mol. The Kier molecular flexibility index (Phi) is 2.93. The van der Waals surface area contributed by atoms with E-state index < -0.39 is 0 Å². The highest BCUT2D eigenvalue weighted by Crippen LogP contribution is 2.16. The molecule has 1 aliphatic rings. The predicted molar refractivity (Wildman–Crippen MR) is 53.1 cm³/mol. The van der Waals surface area contributed by atoms with E-state index in [1.165, 1.54) is 0 Å². The van der Waals surface area contributed by atoms with Crippen molar-refractivity contribution in [3.8, 4) is 0 Å². The smallest absolute Gasteiger partial charge is 0.232 e. The van der Waals surface area contributed by atoms with Gasteiger partial charge in [-0.15, -0.1) is 0 Å². The van der Waals surface area contributed by atoms with Gasteiger partial charge in [-0.1, -0.05) is 0 Å². The van der Waals surface area contributed by atoms with E-state index in [-0.39, 0.29) is 5.91 Å². The van der Waals surface area contributed by atoms with Gasteiger partial charge in [-0.2, -0.15) is 0 Å². The van der Waals surface area contributed by atoms with Crippen molar-refractivity contribution in [2.45, 2.75) is 19.3 Å². The fourth-order valence-corrected chi connectivity index (χ4v) is 1.84. The van der Waals surface area contributed by atoms with Crippen LogP contribution in [0.5, 0.6) is 0 Å². The van der Waals surface area contributed by atoms with Gasteiger partial charge in [0.2, 0.25) is 5.91 Å². The first-order valence-corrected chi connectivity index (χ1v) is 5.08. The van der Waals surface area contributed by atoms with Crippen LogP contribution in [0, 0.1) is 5.92 Å². The van der Waals surface area contributed by atoms with Gasteiger partial charge in [0, 0.05) is 18.8 Å². The van der Waals surface area contributed by atoms with Crippen molar-refractivity contribution >= 4 is 5.91 Å². The molecule has 1 aromatic heterocycles. The summed E-state index contributed by atoms with van der Waals surface area (Å²) >= 11 is 0. The molecule has 4 nitrogen and oxygen atoms in total. The Morgan fingerprint density at radius 2 is 2.29 bits per heavy atom. The Morgan fingerprint density at radius 3 is 2.93 bits per heavy atom. The van der Waals surface area contributed by atoms with Crippen LogP contribution in [0.15, 0.2) is 18.7 Å². The first kappa shape index (κ1) is 9.40. The van der Waals surface area contributed by atoms with Crippen LogP contribution in [0.2, 0.25) is 0 Å². The summed E-state index contributed by atoms with van der Waals surface area (Å²) in [6.45, 7) is 2.09. The first-order chi connectivity index (χ1) is 6.86. The van der Waals surface area contributed by atoms with Crippen molar-refractivity contribution < 1.29 is 4.79 Å². The second-order valence-corrected chi connectivity index (χ2v) is 3.76. The Morgan fingerprint density at radius 1 is 1.50 bits per heavy atom. The quantitative estimate of drug-likeness (QED) is 0.759. The number of rotatable bonds is 2. The van der Waals surface area contributed by atoms with E-state index in [0.29, 0.717) is 12.3 Å². The lowest BCUT2D eigenvalue weighted by Gasteiger charge is -2.21. The summed E-state index contributed by atoms with van der Waals surface area (Å²) in [4.78, 5) is 15.5. The molecule has 2 rings (SSSR count). The van der Waals surface area contributed by atoms with Crippen molar-refractivity contribution in [3.63, 3.8) is 0 Å². The van der Waals surface area contributed by atoms with Crippen LogP contribution in [0.1, 0.15) is 24.1 Å². The summed E-state index contributed by atoms with van der Waals surface area (Å²) in [6, 6.07) is 0. The lowest BCUT2D eigenvalue weighted by molar-refractivity contribution is 0.0870. The number of aromatic nitrogens is 2. The molecule has 0 unspecified atom stereocenters. The van der Waals surface area contributed by atoms with Crippen molar-refractivity contribution in [1.82, 2.24) is 14.9 Å². The maximum Gasteiger partial charge on any atom is 0.232 e. The van der Waals surface area contributed by atoms with Gasteiger partial charge in [0.25, 0.3) is 0 Å². The van der Waals surface area contributed by atoms with E-state index >= 15 is 0 Å². The Bertz CT molecular complexity index is 288. The molecule has 0 amide bonds. The van der Waals surface area contributed by atoms with Crippen LogP contribution in [0.25, 0.3) is 0 Å². The van der Waals surface area contributed by atoms with Gasteiger partial charge in [-0.05, 0) is 31.8 Å². The molecule has 1 N–H and O–H groups in total. The number of carbonyl (C=O) groups is 1. The minimum Gasteiger partial charge on any atom is -0.317 e. The molecule has 1 saturated heterocycles. The van der Waals surface area contributed by atoms with Crippen molar-refractivity contribution in [1.29, 1.82) is 0 Å². The maximum atomic E-state index is 11.7. The molecule has 1 aromatic rings. The molecule has 0 bridgehead atoms. The Hall–Kier alpha value is -1.16. The molecule has 0 aromatic carbocycles. The molecule has 76 valence electrons. The number of hydrogen-bond donors (Lipinski definition) is 1. The zero-order chi connectivity index (χ0) is 9.80. The highest BCUT2D eigenvalue weighted by Gasteiger charge is 2.17. The summed E-state index contributed by atoms with van der Waals surface area (Å²) in [5.41, 5.74) is 0. The molecule has 0 saturated carbocycles. The van der Waals surface area contributed by atoms with Crippen LogP contribution in [-0.2, 0) is 0 Å². The third-order valence-electron chi connectivity index (χ3n) is 2.71. The summed E-state index contributed by atoms with van der Waals surface area (Å²) in [5.74, 6) is 0.709. The highest BCUT2D eigenvalue weighted by atomic mass is 16.2. The van der Waals surface area contributed by atoms with Gasteiger partial charge in [0.05, 0.1) is 0 Å². The lowest BCUT2D eigenvalue weighted by atomic mass is 9.94. The number of hydrogen-bond acceptors (Lipinski definition) is 3. The molecule has 14 heavy (non-hydrogen) atoms. The van der Waals surface area contributed by atoms with Gasteiger partial charge < -0.3 is 5.32 Å². The summed E-state index contributed by atoms with van der Waals surface area (Å²) in [6.07, 6.45) is 7.80. The Labute approximate surface area is 83.3 Å². The highest BCUT2D eigenvalue weighted by molar-refractivity contribution is 5.78. The molecular weight excluding hydrogens is 178 g/mol. The normalized spacial score (nSPS) is 18.3. The minimum absolute atomic E-state index is 0.161. The number of piperidine rings is 1. The van der Waals surface area contributed by atoms with Crippen LogP contribution >= 0.6 is 0 Å². The minimum atomic E-state index is 0.161. The zero-order valence-corrected chi connectivity index (χ0v) is 8.15. The van der Waals surface area contributed by atoms with Crippen LogP contribution in [-0.4, -0.2) is 28.5 Å². The number of imidazole rings is 1. The molecule has 1 aliphatic heterocycles. The molecule has 4 heteroatoms. The fraction of sp³-hybridized carbons (Fsp3) is 0.600. The van der Waals surface area contributed by atoms with Gasteiger partial charge in [0.1, 0.15) is 6.33 Å². The van der Waals surface area contributed by atoms with E-state index in [0.717, 1.165) is 25.9 Å². The zero-order valence-electron chi connectivity index (χ0n) is 8.15. The van der Waals surface area contributed by atoms with E-state index in [9.17, 15) is 4.79 Å². The molecule has 0 aliphatic carbocycles. The maximum absolute atomic E-state index is 11.7. The molecule has 0 spiro atoms. The average Bonchev–Trinajstić information content (AvgIpc) is 2.72. The SMILES string of the molecule is O=C(CC1CCNCC1)n1ccnc1. The van der Waals surface area contributed by atoms with E-state index in [1.54, 1.807) is 23.3 Å². The largest absolute Gasteiger partial charge is 0.317 e. The molecule has 0 radical (unpaired) electrons. The number of nitrogens with one attached hydrogen (secondary N) is 1. The second-order valence-electron chi connectivity index (χ2n) is 3.76. The third kappa shape index (κ3) is 2.20. The van der Waals surface area contributed by atoms with Gasteiger partial charge in [-0.3, -0.25) is 9.36 Å². The van der Waals surface area contributed by atoms with Crippen molar-refractivity contribution in [2.75, 3.05) is 13.1 Å². The molecule has 2 heterocycles. The standard InChI is InChI=1S/C10H15N3O/c14-10(13-6-5-12-8-13)7-9-1-3-11-4-2-9/h5-6,8-9,11H,1-4,7H2. The van der Waals surface area contributed by atoms with Crippen LogP contribution in [0.4, 0.5) is 0 Å². The Balaban J connectivity index is 1.87. The lowest BCUT2D eigenvalue weighted by Crippen LogP contribution is -2.29. The van der Waals surface area contributed by atoms with Gasteiger partial charge in [0.15, 0.2) is 0 Å². The van der Waals surface area contributed by atoms with Crippen LogP contribution < -0.4 is 5.32 Å².